The highest BCUT2D eigenvalue weighted by molar-refractivity contribution is 5.95. The number of nitrogens with one attached hydrogen (secondary N) is 2. The molecule has 3 rings (SSSR count). The number of ether oxygens (including phenoxy) is 1. The zero-order chi connectivity index (χ0) is 21.0. The lowest BCUT2D eigenvalue weighted by molar-refractivity contribution is -0.118. The van der Waals surface area contributed by atoms with Crippen LogP contribution >= 0.6 is 0 Å². The lowest BCUT2D eigenvalue weighted by atomic mass is 9.99. The van der Waals surface area contributed by atoms with Crippen molar-refractivity contribution in [2.24, 2.45) is 5.92 Å². The van der Waals surface area contributed by atoms with Gasteiger partial charge in [-0.15, -0.1) is 0 Å². The second kappa shape index (κ2) is 8.61. The maximum atomic E-state index is 12.7. The van der Waals surface area contributed by atoms with Gasteiger partial charge in [-0.3, -0.25) is 9.59 Å². The van der Waals surface area contributed by atoms with Crippen molar-refractivity contribution < 1.29 is 9.53 Å². The monoisotopic (exact) mass is 389 g/mol. The number of aryl methyl sites for hydroxylation is 2. The molecule has 2 aromatic carbocycles. The Balaban J connectivity index is 1.87. The third-order valence-corrected chi connectivity index (χ3v) is 4.83. The maximum absolute atomic E-state index is 12.7. The minimum absolute atomic E-state index is 0.0252. The predicted molar refractivity (Wildman–Crippen MR) is 113 cm³/mol. The fraction of sp³-hybridized carbons (Fsp3) is 0.261. The van der Waals surface area contributed by atoms with Gasteiger partial charge < -0.3 is 15.0 Å². The molecule has 1 aromatic heterocycles. The van der Waals surface area contributed by atoms with Crippen molar-refractivity contribution >= 4 is 22.5 Å². The van der Waals surface area contributed by atoms with E-state index in [0.29, 0.717) is 29.1 Å². The standard InChI is InChI=1S/C23H23N3O3/c1-4-29-19-8-9-20-16(12-19)10-17(22(27)25-20)11-18(13-24)23(28)26-21-14(2)6-5-7-15(21)3/h5-10,12,18H,4,11H2,1-3H3,(H,25,27)(H,26,28). The average Bonchev–Trinajstić information content (AvgIpc) is 2.69. The Morgan fingerprint density at radius 1 is 1.21 bits per heavy atom. The average molecular weight is 389 g/mol. The summed E-state index contributed by atoms with van der Waals surface area (Å²) in [7, 11) is 0. The summed E-state index contributed by atoms with van der Waals surface area (Å²) in [5, 5.41) is 13.2. The van der Waals surface area contributed by atoms with E-state index in [2.05, 4.69) is 10.3 Å². The van der Waals surface area contributed by atoms with E-state index in [1.807, 2.05) is 51.1 Å². The van der Waals surface area contributed by atoms with Gasteiger partial charge in [0.05, 0.1) is 12.7 Å². The number of carbonyl (C=O) groups excluding carboxylic acids is 1. The van der Waals surface area contributed by atoms with Crippen LogP contribution in [0.2, 0.25) is 0 Å². The molecule has 0 radical (unpaired) electrons. The fourth-order valence-corrected chi connectivity index (χ4v) is 3.28. The summed E-state index contributed by atoms with van der Waals surface area (Å²) < 4.78 is 5.50. The largest absolute Gasteiger partial charge is 0.494 e. The molecule has 0 spiro atoms. The Morgan fingerprint density at radius 2 is 1.93 bits per heavy atom. The quantitative estimate of drug-likeness (QED) is 0.669. The number of hydrogen-bond acceptors (Lipinski definition) is 4. The highest BCUT2D eigenvalue weighted by Crippen LogP contribution is 2.22. The highest BCUT2D eigenvalue weighted by atomic mass is 16.5. The van der Waals surface area contributed by atoms with Crippen LogP contribution in [0.3, 0.4) is 0 Å². The summed E-state index contributed by atoms with van der Waals surface area (Å²) in [6.45, 7) is 6.23. The molecule has 0 aliphatic carbocycles. The first kappa shape index (κ1) is 20.2. The van der Waals surface area contributed by atoms with E-state index < -0.39 is 11.8 Å². The number of benzene rings is 2. The molecular weight excluding hydrogens is 366 g/mol. The van der Waals surface area contributed by atoms with E-state index in [1.54, 1.807) is 18.2 Å². The molecule has 0 fully saturated rings. The number of H-pyrrole nitrogens is 1. The highest BCUT2D eigenvalue weighted by Gasteiger charge is 2.21. The Bertz CT molecular complexity index is 1140. The first-order valence-corrected chi connectivity index (χ1v) is 9.48. The van der Waals surface area contributed by atoms with E-state index in [9.17, 15) is 14.9 Å². The number of carbonyl (C=O) groups is 1. The predicted octanol–water partition coefficient (Wildman–Crippen LogP) is 3.86. The van der Waals surface area contributed by atoms with Gasteiger partial charge in [-0.1, -0.05) is 18.2 Å². The summed E-state index contributed by atoms with van der Waals surface area (Å²) in [4.78, 5) is 28.0. The van der Waals surface area contributed by atoms with Crippen molar-refractivity contribution in [1.82, 2.24) is 4.98 Å². The van der Waals surface area contributed by atoms with Crippen LogP contribution in [-0.4, -0.2) is 17.5 Å². The molecule has 0 bridgehead atoms. The smallest absolute Gasteiger partial charge is 0.251 e. The molecule has 1 heterocycles. The number of aromatic nitrogens is 1. The van der Waals surface area contributed by atoms with Gasteiger partial charge in [0.1, 0.15) is 11.7 Å². The van der Waals surface area contributed by atoms with Crippen LogP contribution < -0.4 is 15.6 Å². The van der Waals surface area contributed by atoms with Gasteiger partial charge in [0, 0.05) is 28.6 Å². The summed E-state index contributed by atoms with van der Waals surface area (Å²) in [6, 6.07) is 14.8. The topological polar surface area (TPSA) is 95.0 Å². The molecule has 1 atom stereocenters. The molecule has 0 aliphatic rings. The molecular formula is C23H23N3O3. The Labute approximate surface area is 169 Å². The number of rotatable bonds is 6. The van der Waals surface area contributed by atoms with Crippen LogP contribution in [0.5, 0.6) is 5.75 Å². The van der Waals surface area contributed by atoms with Gasteiger partial charge >= 0.3 is 0 Å². The molecule has 0 saturated heterocycles. The molecule has 6 heteroatoms. The molecule has 0 aliphatic heterocycles. The van der Waals surface area contributed by atoms with E-state index in [1.165, 1.54) is 0 Å². The Kier molecular flexibility index (Phi) is 5.99. The minimum atomic E-state index is -0.984. The number of amides is 1. The molecule has 29 heavy (non-hydrogen) atoms. The Morgan fingerprint density at radius 3 is 2.59 bits per heavy atom. The van der Waals surface area contributed by atoms with E-state index in [-0.39, 0.29) is 12.0 Å². The first-order chi connectivity index (χ1) is 13.9. The van der Waals surface area contributed by atoms with Crippen LogP contribution in [-0.2, 0) is 11.2 Å². The zero-order valence-electron chi connectivity index (χ0n) is 16.7. The van der Waals surface area contributed by atoms with Crippen molar-refractivity contribution in [3.05, 3.63) is 69.5 Å². The summed E-state index contributed by atoms with van der Waals surface area (Å²) in [5.41, 5.74) is 3.29. The fourth-order valence-electron chi connectivity index (χ4n) is 3.28. The Hall–Kier alpha value is -3.59. The molecule has 1 amide bonds. The summed E-state index contributed by atoms with van der Waals surface area (Å²) in [6.07, 6.45) is 0.0252. The summed E-state index contributed by atoms with van der Waals surface area (Å²) >= 11 is 0. The second-order valence-electron chi connectivity index (χ2n) is 6.95. The van der Waals surface area contributed by atoms with Crippen molar-refractivity contribution in [1.29, 1.82) is 5.26 Å². The number of hydrogen-bond donors (Lipinski definition) is 2. The lowest BCUT2D eigenvalue weighted by Crippen LogP contribution is -2.26. The van der Waals surface area contributed by atoms with E-state index in [4.69, 9.17) is 4.74 Å². The summed E-state index contributed by atoms with van der Waals surface area (Å²) in [5.74, 6) is -0.710. The first-order valence-electron chi connectivity index (χ1n) is 9.48. The van der Waals surface area contributed by atoms with Crippen molar-refractivity contribution in [2.75, 3.05) is 11.9 Å². The molecule has 6 nitrogen and oxygen atoms in total. The number of nitrogens with zero attached hydrogens (tertiary/aromatic N) is 1. The van der Waals surface area contributed by atoms with Crippen LogP contribution in [0, 0.1) is 31.1 Å². The van der Waals surface area contributed by atoms with Gasteiger partial charge in [0.25, 0.3) is 5.56 Å². The SMILES string of the molecule is CCOc1ccc2[nH]c(=O)c(CC(C#N)C(=O)Nc3c(C)cccc3C)cc2c1. The minimum Gasteiger partial charge on any atom is -0.494 e. The normalized spacial score (nSPS) is 11.7. The number of para-hydroxylation sites is 1. The molecule has 1 unspecified atom stereocenters. The van der Waals surface area contributed by atoms with E-state index >= 15 is 0 Å². The third kappa shape index (κ3) is 4.46. The van der Waals surface area contributed by atoms with Crippen LogP contribution in [0.4, 0.5) is 5.69 Å². The number of aromatic amines is 1. The van der Waals surface area contributed by atoms with Gasteiger partial charge in [-0.05, 0) is 56.2 Å². The zero-order valence-corrected chi connectivity index (χ0v) is 16.7. The van der Waals surface area contributed by atoms with E-state index in [0.717, 1.165) is 16.5 Å². The molecule has 148 valence electrons. The number of anilines is 1. The van der Waals surface area contributed by atoms with Gasteiger partial charge in [0.2, 0.25) is 5.91 Å². The van der Waals surface area contributed by atoms with Gasteiger partial charge in [-0.2, -0.15) is 5.26 Å². The van der Waals surface area contributed by atoms with Crippen molar-refractivity contribution in [3.8, 4) is 11.8 Å². The van der Waals surface area contributed by atoms with Crippen LogP contribution in [0.15, 0.2) is 47.3 Å². The number of fused-ring (bicyclic) bond motifs is 1. The maximum Gasteiger partial charge on any atom is 0.251 e. The molecule has 2 N–H and O–H groups in total. The van der Waals surface area contributed by atoms with Crippen molar-refractivity contribution in [3.63, 3.8) is 0 Å². The lowest BCUT2D eigenvalue weighted by Gasteiger charge is -2.14. The van der Waals surface area contributed by atoms with Crippen LogP contribution in [0.1, 0.15) is 23.6 Å². The van der Waals surface area contributed by atoms with Crippen LogP contribution in [0.25, 0.3) is 10.9 Å². The molecule has 0 saturated carbocycles. The van der Waals surface area contributed by atoms with Crippen molar-refractivity contribution in [2.45, 2.75) is 27.2 Å². The number of nitriles is 1. The molecule has 3 aromatic rings. The second-order valence-corrected chi connectivity index (χ2v) is 6.95. The third-order valence-electron chi connectivity index (χ3n) is 4.83. The van der Waals surface area contributed by atoms with Gasteiger partial charge in [0.15, 0.2) is 0 Å². The number of pyridine rings is 1. The van der Waals surface area contributed by atoms with Gasteiger partial charge in [-0.25, -0.2) is 0 Å².